The number of amides is 1. The molecule has 0 bridgehead atoms. The standard InChI is InChI=1S/C18H10ClN3O3/c19-12-7-5-11(6-8-12)15-24-17(9-20,10-21)18(25-15)13-3-1-2-4-14(13)22-16(18)23/h1-8,15H,(H,22,23)/t15-,18+/m1/s1. The third-order valence-corrected chi connectivity index (χ3v) is 4.65. The number of hydrogen-bond acceptors (Lipinski definition) is 5. The monoisotopic (exact) mass is 351 g/mol. The number of benzene rings is 2. The number of rotatable bonds is 1. The molecule has 4 rings (SSSR count). The third-order valence-electron chi connectivity index (χ3n) is 4.39. The molecule has 1 saturated heterocycles. The molecule has 0 unspecified atom stereocenters. The minimum Gasteiger partial charge on any atom is -0.323 e. The highest BCUT2D eigenvalue weighted by atomic mass is 35.5. The molecule has 2 aromatic carbocycles. The van der Waals surface area contributed by atoms with Crippen LogP contribution in [-0.4, -0.2) is 11.5 Å². The number of nitrogens with zero attached hydrogens (tertiary/aromatic N) is 2. The molecule has 6 nitrogen and oxygen atoms in total. The number of carbonyl (C=O) groups excluding carboxylic acids is 1. The lowest BCUT2D eigenvalue weighted by Gasteiger charge is -2.27. The van der Waals surface area contributed by atoms with Crippen LogP contribution in [0.3, 0.4) is 0 Å². The van der Waals surface area contributed by atoms with E-state index in [-0.39, 0.29) is 0 Å². The topological polar surface area (TPSA) is 95.1 Å². The number of anilines is 1. The molecule has 0 aliphatic carbocycles. The number of nitrogens with one attached hydrogen (secondary N) is 1. The van der Waals surface area contributed by atoms with Crippen molar-refractivity contribution >= 4 is 23.2 Å². The van der Waals surface area contributed by atoms with Crippen LogP contribution in [0.5, 0.6) is 0 Å². The van der Waals surface area contributed by atoms with E-state index in [0.29, 0.717) is 21.8 Å². The molecule has 0 saturated carbocycles. The number of nitriles is 2. The average molecular weight is 352 g/mol. The van der Waals surface area contributed by atoms with E-state index >= 15 is 0 Å². The lowest BCUT2D eigenvalue weighted by molar-refractivity contribution is -0.143. The van der Waals surface area contributed by atoms with E-state index in [1.165, 1.54) is 0 Å². The van der Waals surface area contributed by atoms with Gasteiger partial charge in [0.2, 0.25) is 5.60 Å². The summed E-state index contributed by atoms with van der Waals surface area (Å²) in [4.78, 5) is 12.8. The smallest absolute Gasteiger partial charge is 0.286 e. The summed E-state index contributed by atoms with van der Waals surface area (Å²) < 4.78 is 11.6. The van der Waals surface area contributed by atoms with Gasteiger partial charge in [0.1, 0.15) is 12.1 Å². The zero-order chi connectivity index (χ0) is 17.7. The number of hydrogen-bond donors (Lipinski definition) is 1. The average Bonchev–Trinajstić information content (AvgIpc) is 3.13. The van der Waals surface area contributed by atoms with Gasteiger partial charge in [-0.15, -0.1) is 0 Å². The maximum atomic E-state index is 12.8. The van der Waals surface area contributed by atoms with Gasteiger partial charge in [0.25, 0.3) is 11.5 Å². The summed E-state index contributed by atoms with van der Waals surface area (Å²) in [5, 5.41) is 22.6. The van der Waals surface area contributed by atoms with Crippen LogP contribution in [0.2, 0.25) is 5.02 Å². The number of para-hydroxylation sites is 1. The largest absolute Gasteiger partial charge is 0.323 e. The number of halogens is 1. The fourth-order valence-electron chi connectivity index (χ4n) is 3.20. The molecule has 1 amide bonds. The van der Waals surface area contributed by atoms with Crippen molar-refractivity contribution in [1.82, 2.24) is 0 Å². The van der Waals surface area contributed by atoms with Crippen LogP contribution in [0.15, 0.2) is 48.5 Å². The molecule has 0 radical (unpaired) electrons. The highest BCUT2D eigenvalue weighted by Gasteiger charge is 2.71. The van der Waals surface area contributed by atoms with Crippen LogP contribution in [-0.2, 0) is 19.9 Å². The lowest BCUT2D eigenvalue weighted by atomic mass is 9.80. The fraction of sp³-hybridized carbons (Fsp3) is 0.167. The van der Waals surface area contributed by atoms with Crippen molar-refractivity contribution in [2.45, 2.75) is 17.5 Å². The number of carbonyl (C=O) groups is 1. The van der Waals surface area contributed by atoms with E-state index in [9.17, 15) is 15.3 Å². The maximum Gasteiger partial charge on any atom is 0.286 e. The van der Waals surface area contributed by atoms with Crippen LogP contribution in [0.4, 0.5) is 5.69 Å². The van der Waals surface area contributed by atoms with Gasteiger partial charge in [-0.1, -0.05) is 41.9 Å². The highest BCUT2D eigenvalue weighted by molar-refractivity contribution is 6.30. The van der Waals surface area contributed by atoms with E-state index in [2.05, 4.69) is 5.32 Å². The molecule has 2 aliphatic heterocycles. The number of fused-ring (bicyclic) bond motifs is 2. The normalized spacial score (nSPS) is 25.9. The second-order valence-electron chi connectivity index (χ2n) is 5.70. The van der Waals surface area contributed by atoms with E-state index in [0.717, 1.165) is 0 Å². The van der Waals surface area contributed by atoms with E-state index < -0.39 is 23.4 Å². The van der Waals surface area contributed by atoms with Gasteiger partial charge in [0, 0.05) is 21.8 Å². The molecule has 2 heterocycles. The Morgan fingerprint density at radius 3 is 2.40 bits per heavy atom. The van der Waals surface area contributed by atoms with Crippen molar-refractivity contribution in [3.05, 3.63) is 64.7 Å². The number of ether oxygens (including phenoxy) is 2. The van der Waals surface area contributed by atoms with Crippen LogP contribution in [0.1, 0.15) is 17.4 Å². The van der Waals surface area contributed by atoms with E-state index in [4.69, 9.17) is 21.1 Å². The van der Waals surface area contributed by atoms with Crippen molar-refractivity contribution in [2.75, 3.05) is 5.32 Å². The molecular weight excluding hydrogens is 342 g/mol. The van der Waals surface area contributed by atoms with Gasteiger partial charge < -0.3 is 14.8 Å². The van der Waals surface area contributed by atoms with Crippen LogP contribution in [0, 0.1) is 22.7 Å². The molecule has 2 atom stereocenters. The zero-order valence-electron chi connectivity index (χ0n) is 12.7. The van der Waals surface area contributed by atoms with Crippen LogP contribution >= 0.6 is 11.6 Å². The van der Waals surface area contributed by atoms with Crippen molar-refractivity contribution in [2.24, 2.45) is 0 Å². The summed E-state index contributed by atoms with van der Waals surface area (Å²) in [5.41, 5.74) is -2.54. The zero-order valence-corrected chi connectivity index (χ0v) is 13.4. The third kappa shape index (κ3) is 1.93. The summed E-state index contributed by atoms with van der Waals surface area (Å²) >= 11 is 5.89. The van der Waals surface area contributed by atoms with Crippen LogP contribution < -0.4 is 5.32 Å². The highest BCUT2D eigenvalue weighted by Crippen LogP contribution is 2.55. The molecule has 2 aliphatic rings. The van der Waals surface area contributed by atoms with Crippen molar-refractivity contribution in [1.29, 1.82) is 10.5 Å². The fourth-order valence-corrected chi connectivity index (χ4v) is 3.33. The minimum absolute atomic E-state index is 0.402. The van der Waals surface area contributed by atoms with Gasteiger partial charge in [-0.25, -0.2) is 0 Å². The molecule has 2 aromatic rings. The first-order valence-electron chi connectivity index (χ1n) is 7.41. The summed E-state index contributed by atoms with van der Waals surface area (Å²) in [6.07, 6.45) is -1.06. The Hall–Kier alpha value is -2.90. The molecule has 1 spiro atoms. The Balaban J connectivity index is 1.90. The minimum atomic E-state index is -2.12. The Kier molecular flexibility index (Phi) is 3.31. The van der Waals surface area contributed by atoms with E-state index in [1.54, 1.807) is 48.5 Å². The van der Waals surface area contributed by atoms with Crippen molar-refractivity contribution < 1.29 is 14.3 Å². The summed E-state index contributed by atoms with van der Waals surface area (Å²) in [6.45, 7) is 0. The quantitative estimate of drug-likeness (QED) is 0.852. The summed E-state index contributed by atoms with van der Waals surface area (Å²) in [7, 11) is 0. The molecule has 122 valence electrons. The first-order valence-corrected chi connectivity index (χ1v) is 7.79. The first kappa shape index (κ1) is 15.6. The summed E-state index contributed by atoms with van der Waals surface area (Å²) in [5.74, 6) is -0.603. The lowest BCUT2D eigenvalue weighted by Crippen LogP contribution is -2.52. The van der Waals surface area contributed by atoms with Gasteiger partial charge in [-0.05, 0) is 18.2 Å². The summed E-state index contributed by atoms with van der Waals surface area (Å²) in [6, 6.07) is 17.1. The Labute approximate surface area is 148 Å². The van der Waals surface area contributed by atoms with Crippen molar-refractivity contribution in [3.8, 4) is 12.1 Å². The Morgan fingerprint density at radius 2 is 1.72 bits per heavy atom. The van der Waals surface area contributed by atoms with Gasteiger partial charge >= 0.3 is 0 Å². The van der Waals surface area contributed by atoms with E-state index in [1.807, 2.05) is 12.1 Å². The molecular formula is C18H10ClN3O3. The predicted octanol–water partition coefficient (Wildman–Crippen LogP) is 3.02. The van der Waals surface area contributed by atoms with Crippen LogP contribution in [0.25, 0.3) is 0 Å². The van der Waals surface area contributed by atoms with Crippen molar-refractivity contribution in [3.63, 3.8) is 0 Å². The predicted molar refractivity (Wildman–Crippen MR) is 87.1 cm³/mol. The van der Waals surface area contributed by atoms with Gasteiger partial charge in [0.15, 0.2) is 6.29 Å². The maximum absolute atomic E-state index is 12.8. The molecule has 1 fully saturated rings. The molecule has 25 heavy (non-hydrogen) atoms. The van der Waals surface area contributed by atoms with Gasteiger partial charge in [-0.2, -0.15) is 10.5 Å². The van der Waals surface area contributed by atoms with Gasteiger partial charge in [-0.3, -0.25) is 4.79 Å². The first-order chi connectivity index (χ1) is 12.1. The Bertz CT molecular complexity index is 947. The molecule has 7 heteroatoms. The SMILES string of the molecule is N#CC1(C#N)O[C@@H](c2ccc(Cl)cc2)O[C@@]12C(=O)Nc1ccccc12. The van der Waals surface area contributed by atoms with Gasteiger partial charge in [0.05, 0.1) is 0 Å². The Morgan fingerprint density at radius 1 is 1.04 bits per heavy atom. The molecule has 1 N–H and O–H groups in total. The second-order valence-corrected chi connectivity index (χ2v) is 6.14. The second kappa shape index (κ2) is 5.30. The molecule has 0 aromatic heterocycles.